The molecule has 0 spiro atoms. The van der Waals surface area contributed by atoms with Gasteiger partial charge in [-0.3, -0.25) is 0 Å². The predicted octanol–water partition coefficient (Wildman–Crippen LogP) is 5.84. The van der Waals surface area contributed by atoms with Gasteiger partial charge in [0.15, 0.2) is 19.5 Å². The first-order valence-corrected chi connectivity index (χ1v) is 14.5. The van der Waals surface area contributed by atoms with Crippen LogP contribution in [0, 0.1) is 0 Å². The predicted molar refractivity (Wildman–Crippen MR) is 119 cm³/mol. The molecule has 0 rings (SSSR count). The van der Waals surface area contributed by atoms with Gasteiger partial charge in [-0.1, -0.05) is 80.1 Å². The van der Waals surface area contributed by atoms with Crippen molar-refractivity contribution in [3.8, 4) is 0 Å². The summed E-state index contributed by atoms with van der Waals surface area (Å²) in [4.78, 5) is 0. The fourth-order valence-electron chi connectivity index (χ4n) is 4.55. The van der Waals surface area contributed by atoms with E-state index in [0.717, 1.165) is 0 Å². The average molecular weight is 389 g/mol. The zero-order valence-electron chi connectivity index (χ0n) is 18.4. The van der Waals surface area contributed by atoms with Gasteiger partial charge in [0.05, 0.1) is 11.2 Å². The van der Waals surface area contributed by atoms with E-state index in [0.29, 0.717) is 0 Å². The van der Waals surface area contributed by atoms with E-state index in [1.165, 1.54) is 82.7 Å². The molecule has 0 aliphatic carbocycles. The molecule has 0 aliphatic rings. The lowest BCUT2D eigenvalue weighted by Gasteiger charge is -2.36. The van der Waals surface area contributed by atoms with Crippen molar-refractivity contribution >= 4 is 19.5 Å². The molecule has 0 saturated heterocycles. The van der Waals surface area contributed by atoms with Gasteiger partial charge in [-0.15, -0.1) is 0 Å². The SMILES string of the molecule is CCCC(CCC)(CCC)O[SiH2]C[SiH2]OC(CCC)(CCC)CCC. The molecular formula is C21H48O2Si2. The van der Waals surface area contributed by atoms with Crippen LogP contribution in [0.15, 0.2) is 0 Å². The van der Waals surface area contributed by atoms with Crippen LogP contribution in [0.4, 0.5) is 0 Å². The second-order valence-corrected chi connectivity index (χ2v) is 12.1. The minimum atomic E-state index is -0.428. The molecule has 0 bridgehead atoms. The molecule has 0 atom stereocenters. The molecule has 0 amide bonds. The minimum absolute atomic E-state index is 0.201. The molecular weight excluding hydrogens is 340 g/mol. The molecule has 0 aromatic rings. The molecule has 4 heteroatoms. The van der Waals surface area contributed by atoms with Gasteiger partial charge in [-0.2, -0.15) is 0 Å². The van der Waals surface area contributed by atoms with Gasteiger partial charge in [0.2, 0.25) is 0 Å². The maximum absolute atomic E-state index is 6.64. The molecule has 0 radical (unpaired) electrons. The Labute approximate surface area is 164 Å². The molecule has 0 aromatic heterocycles. The first-order valence-electron chi connectivity index (χ1n) is 11.3. The van der Waals surface area contributed by atoms with Gasteiger partial charge in [-0.05, 0) is 44.2 Å². The van der Waals surface area contributed by atoms with Gasteiger partial charge in [-0.25, -0.2) is 0 Å². The van der Waals surface area contributed by atoms with Crippen molar-refractivity contribution in [1.82, 2.24) is 0 Å². The molecule has 0 N–H and O–H groups in total. The lowest BCUT2D eigenvalue weighted by Crippen LogP contribution is -2.36. The summed E-state index contributed by atoms with van der Waals surface area (Å²) in [5, 5.41) is 0. The van der Waals surface area contributed by atoms with Crippen LogP contribution in [0.1, 0.15) is 119 Å². The second-order valence-electron chi connectivity index (χ2n) is 7.92. The van der Waals surface area contributed by atoms with Crippen molar-refractivity contribution in [1.29, 1.82) is 0 Å². The molecule has 152 valence electrons. The zero-order chi connectivity index (χ0) is 19.0. The summed E-state index contributed by atoms with van der Waals surface area (Å²) in [5.41, 5.74) is 1.70. The van der Waals surface area contributed by atoms with E-state index in [1.807, 2.05) is 0 Å². The third-order valence-electron chi connectivity index (χ3n) is 5.34. The highest BCUT2D eigenvalue weighted by Crippen LogP contribution is 2.31. The summed E-state index contributed by atoms with van der Waals surface area (Å²) in [6, 6.07) is 0. The van der Waals surface area contributed by atoms with Crippen LogP contribution in [0.5, 0.6) is 0 Å². The third-order valence-corrected chi connectivity index (χ3v) is 9.28. The quantitative estimate of drug-likeness (QED) is 0.217. The van der Waals surface area contributed by atoms with Crippen molar-refractivity contribution in [2.45, 2.75) is 135 Å². The van der Waals surface area contributed by atoms with Crippen molar-refractivity contribution in [2.24, 2.45) is 0 Å². The summed E-state index contributed by atoms with van der Waals surface area (Å²) in [7, 11) is -0.856. The lowest BCUT2D eigenvalue weighted by atomic mass is 9.88. The van der Waals surface area contributed by atoms with Crippen molar-refractivity contribution < 1.29 is 8.85 Å². The maximum atomic E-state index is 6.64. The van der Waals surface area contributed by atoms with E-state index in [9.17, 15) is 0 Å². The molecule has 0 unspecified atom stereocenters. The van der Waals surface area contributed by atoms with Gasteiger partial charge >= 0.3 is 0 Å². The molecule has 0 saturated carbocycles. The summed E-state index contributed by atoms with van der Waals surface area (Å²) >= 11 is 0. The Hall–Kier alpha value is 0.354. The van der Waals surface area contributed by atoms with Gasteiger partial charge < -0.3 is 8.85 Å². The Balaban J connectivity index is 4.49. The fourth-order valence-corrected chi connectivity index (χ4v) is 7.91. The molecule has 0 heterocycles. The Morgan fingerprint density at radius 1 is 0.480 bits per heavy atom. The van der Waals surface area contributed by atoms with Crippen molar-refractivity contribution in [3.63, 3.8) is 0 Å². The largest absolute Gasteiger partial charge is 0.419 e. The smallest absolute Gasteiger partial charge is 0.161 e. The second kappa shape index (κ2) is 15.4. The van der Waals surface area contributed by atoms with E-state index in [2.05, 4.69) is 41.5 Å². The van der Waals surface area contributed by atoms with E-state index in [-0.39, 0.29) is 11.2 Å². The van der Waals surface area contributed by atoms with Gasteiger partial charge in [0, 0.05) is 0 Å². The lowest BCUT2D eigenvalue weighted by molar-refractivity contribution is 0.0382. The van der Waals surface area contributed by atoms with Crippen LogP contribution in [0.25, 0.3) is 0 Å². The highest BCUT2D eigenvalue weighted by Gasteiger charge is 2.29. The highest BCUT2D eigenvalue weighted by atomic mass is 28.3. The Morgan fingerprint density at radius 2 is 0.720 bits per heavy atom. The van der Waals surface area contributed by atoms with E-state index in [4.69, 9.17) is 8.85 Å². The van der Waals surface area contributed by atoms with Crippen LogP contribution in [-0.4, -0.2) is 30.7 Å². The van der Waals surface area contributed by atoms with Crippen molar-refractivity contribution in [3.05, 3.63) is 0 Å². The average Bonchev–Trinajstić information content (AvgIpc) is 2.56. The normalized spacial score (nSPS) is 13.7. The number of hydrogen-bond acceptors (Lipinski definition) is 2. The summed E-state index contributed by atoms with van der Waals surface area (Å²) in [5.74, 6) is 0. The number of hydrogen-bond donors (Lipinski definition) is 0. The molecule has 2 nitrogen and oxygen atoms in total. The van der Waals surface area contributed by atoms with Gasteiger partial charge in [0.25, 0.3) is 0 Å². The monoisotopic (exact) mass is 388 g/mol. The highest BCUT2D eigenvalue weighted by molar-refractivity contribution is 6.48. The van der Waals surface area contributed by atoms with Crippen molar-refractivity contribution in [2.75, 3.05) is 0 Å². The van der Waals surface area contributed by atoms with Crippen LogP contribution < -0.4 is 0 Å². The number of rotatable bonds is 18. The first kappa shape index (κ1) is 25.4. The molecule has 25 heavy (non-hydrogen) atoms. The van der Waals surface area contributed by atoms with E-state index >= 15 is 0 Å². The standard InChI is InChI=1S/C21H48O2Si2/c1-7-13-20(14-8-2,15-9-3)22-24-19-25-23-21(16-10-4,17-11-5)18-12-6/h7-19,24-25H2,1-6H3. The van der Waals surface area contributed by atoms with E-state index < -0.39 is 19.5 Å². The fraction of sp³-hybridized carbons (Fsp3) is 1.00. The summed E-state index contributed by atoms with van der Waals surface area (Å²) in [6.07, 6.45) is 14.9. The van der Waals surface area contributed by atoms with Gasteiger partial charge in [0.1, 0.15) is 0 Å². The van der Waals surface area contributed by atoms with Crippen LogP contribution in [-0.2, 0) is 8.85 Å². The minimum Gasteiger partial charge on any atom is -0.419 e. The molecule has 0 fully saturated rings. The first-order chi connectivity index (χ1) is 12.1. The van der Waals surface area contributed by atoms with Crippen LogP contribution >= 0.6 is 0 Å². The molecule has 0 aliphatic heterocycles. The van der Waals surface area contributed by atoms with Crippen LogP contribution in [0.2, 0.25) is 5.67 Å². The summed E-state index contributed by atoms with van der Waals surface area (Å²) in [6.45, 7) is 13.8. The summed E-state index contributed by atoms with van der Waals surface area (Å²) < 4.78 is 13.3. The Bertz CT molecular complexity index is 236. The zero-order valence-corrected chi connectivity index (χ0v) is 21.3. The maximum Gasteiger partial charge on any atom is 0.161 e. The third kappa shape index (κ3) is 10.3. The Morgan fingerprint density at radius 3 is 0.920 bits per heavy atom. The molecule has 0 aromatic carbocycles. The Kier molecular flexibility index (Phi) is 15.6. The van der Waals surface area contributed by atoms with E-state index in [1.54, 1.807) is 0 Å². The topological polar surface area (TPSA) is 18.5 Å². The van der Waals surface area contributed by atoms with Crippen LogP contribution in [0.3, 0.4) is 0 Å².